The number of rotatable bonds is 5. The van der Waals surface area contributed by atoms with Gasteiger partial charge in [0.25, 0.3) is 0 Å². The molecule has 4 aromatic rings. The first-order valence-corrected chi connectivity index (χ1v) is 10.2. The Balaban J connectivity index is 1.53. The lowest BCUT2D eigenvalue weighted by atomic mass is 10.1. The molecule has 0 heterocycles. The summed E-state index contributed by atoms with van der Waals surface area (Å²) in [6.07, 6.45) is 4.87. The summed E-state index contributed by atoms with van der Waals surface area (Å²) >= 11 is 3.39. The Hall–Kier alpha value is -3.50. The second kappa shape index (κ2) is 9.33. The lowest BCUT2D eigenvalue weighted by Crippen LogP contribution is -2.05. The molecule has 0 bridgehead atoms. The van der Waals surface area contributed by atoms with Crippen molar-refractivity contribution in [2.24, 2.45) is 4.99 Å². The molecule has 0 fully saturated rings. The van der Waals surface area contributed by atoms with E-state index < -0.39 is 5.97 Å². The van der Waals surface area contributed by atoms with Gasteiger partial charge in [0.05, 0.1) is 5.69 Å². The van der Waals surface area contributed by atoms with E-state index in [4.69, 9.17) is 4.74 Å². The Bertz CT molecular complexity index is 1240. The van der Waals surface area contributed by atoms with E-state index in [9.17, 15) is 4.79 Å². The number of hydrogen-bond acceptors (Lipinski definition) is 3. The maximum Gasteiger partial charge on any atom is 0.336 e. The Labute approximate surface area is 183 Å². The van der Waals surface area contributed by atoms with Crippen LogP contribution in [-0.2, 0) is 4.79 Å². The smallest absolute Gasteiger partial charge is 0.336 e. The van der Waals surface area contributed by atoms with Crippen molar-refractivity contribution in [1.29, 1.82) is 0 Å². The number of benzene rings is 4. The summed E-state index contributed by atoms with van der Waals surface area (Å²) in [6, 6.07) is 29.1. The first-order valence-electron chi connectivity index (χ1n) is 9.45. The summed E-state index contributed by atoms with van der Waals surface area (Å²) in [7, 11) is 0. The number of nitrogens with zero attached hydrogens (tertiary/aromatic N) is 1. The molecule has 3 nitrogen and oxygen atoms in total. The summed E-state index contributed by atoms with van der Waals surface area (Å²) < 4.78 is 6.53. The number of para-hydroxylation sites is 1. The molecule has 4 heteroatoms. The van der Waals surface area contributed by atoms with Crippen molar-refractivity contribution in [3.63, 3.8) is 0 Å². The van der Waals surface area contributed by atoms with E-state index in [2.05, 4.69) is 33.1 Å². The van der Waals surface area contributed by atoms with E-state index in [1.165, 1.54) is 6.08 Å². The topological polar surface area (TPSA) is 38.7 Å². The predicted molar refractivity (Wildman–Crippen MR) is 126 cm³/mol. The van der Waals surface area contributed by atoms with Crippen molar-refractivity contribution >= 4 is 50.6 Å². The van der Waals surface area contributed by atoms with Crippen LogP contribution >= 0.6 is 15.9 Å². The Morgan fingerprint density at radius 2 is 1.57 bits per heavy atom. The highest BCUT2D eigenvalue weighted by atomic mass is 79.9. The van der Waals surface area contributed by atoms with Gasteiger partial charge in [-0.2, -0.15) is 0 Å². The summed E-state index contributed by atoms with van der Waals surface area (Å²) in [4.78, 5) is 16.9. The fourth-order valence-corrected chi connectivity index (χ4v) is 3.28. The van der Waals surface area contributed by atoms with Crippen molar-refractivity contribution in [3.8, 4) is 5.75 Å². The zero-order valence-corrected chi connectivity index (χ0v) is 17.6. The molecular formula is C26H18BrNO2. The normalized spacial score (nSPS) is 11.4. The molecule has 0 unspecified atom stereocenters. The fraction of sp³-hybridized carbons (Fsp3) is 0. The number of fused-ring (bicyclic) bond motifs is 1. The van der Waals surface area contributed by atoms with Gasteiger partial charge in [0.2, 0.25) is 0 Å². The SMILES string of the molecule is O=C(/C=C/c1ccc(Br)cc1)Oc1ccccc1C=Nc1cccc2ccccc12. The second-order valence-electron chi connectivity index (χ2n) is 6.60. The van der Waals surface area contributed by atoms with Crippen LogP contribution in [0.3, 0.4) is 0 Å². The maximum absolute atomic E-state index is 12.3. The molecule has 0 amide bonds. The van der Waals surface area contributed by atoms with Gasteiger partial charge in [-0.25, -0.2) is 4.79 Å². The van der Waals surface area contributed by atoms with E-state index in [1.807, 2.05) is 72.8 Å². The quantitative estimate of drug-likeness (QED) is 0.141. The Morgan fingerprint density at radius 3 is 2.43 bits per heavy atom. The molecule has 0 N–H and O–H groups in total. The van der Waals surface area contributed by atoms with Gasteiger partial charge in [-0.3, -0.25) is 4.99 Å². The van der Waals surface area contributed by atoms with Crippen LogP contribution in [0, 0.1) is 0 Å². The summed E-state index contributed by atoms with van der Waals surface area (Å²) in [5, 5.41) is 2.20. The molecular weight excluding hydrogens is 438 g/mol. The molecule has 0 aliphatic carbocycles. The van der Waals surface area contributed by atoms with Crippen LogP contribution < -0.4 is 4.74 Å². The van der Waals surface area contributed by atoms with Gasteiger partial charge < -0.3 is 4.74 Å². The third kappa shape index (κ3) is 4.91. The van der Waals surface area contributed by atoms with Gasteiger partial charge in [-0.05, 0) is 47.4 Å². The van der Waals surface area contributed by atoms with Crippen LogP contribution in [0.1, 0.15) is 11.1 Å². The molecule has 0 aliphatic rings. The molecule has 146 valence electrons. The predicted octanol–water partition coefficient (Wildman–Crippen LogP) is 6.97. The van der Waals surface area contributed by atoms with E-state index in [0.717, 1.165) is 32.1 Å². The third-order valence-corrected chi connectivity index (χ3v) is 5.05. The van der Waals surface area contributed by atoms with Crippen LogP contribution in [0.2, 0.25) is 0 Å². The van der Waals surface area contributed by atoms with Gasteiger partial charge in [-0.1, -0.05) is 76.6 Å². The summed E-state index contributed by atoms with van der Waals surface area (Å²) in [5.74, 6) is 0.0240. The summed E-state index contributed by atoms with van der Waals surface area (Å²) in [5.41, 5.74) is 2.51. The largest absolute Gasteiger partial charge is 0.423 e. The van der Waals surface area contributed by atoms with E-state index in [0.29, 0.717) is 5.75 Å². The average molecular weight is 456 g/mol. The zero-order chi connectivity index (χ0) is 20.8. The van der Waals surface area contributed by atoms with Crippen molar-refractivity contribution < 1.29 is 9.53 Å². The van der Waals surface area contributed by atoms with Crippen molar-refractivity contribution in [2.45, 2.75) is 0 Å². The van der Waals surface area contributed by atoms with Crippen LogP contribution in [0.25, 0.3) is 16.8 Å². The number of carbonyl (C=O) groups is 1. The summed E-state index contributed by atoms with van der Waals surface area (Å²) in [6.45, 7) is 0. The van der Waals surface area contributed by atoms with E-state index in [1.54, 1.807) is 18.4 Å². The van der Waals surface area contributed by atoms with Gasteiger partial charge in [-0.15, -0.1) is 0 Å². The number of aliphatic imine (C=N–C) groups is 1. The molecule has 0 saturated heterocycles. The average Bonchev–Trinajstić information content (AvgIpc) is 2.78. The van der Waals surface area contributed by atoms with Crippen LogP contribution in [0.4, 0.5) is 5.69 Å². The highest BCUT2D eigenvalue weighted by Crippen LogP contribution is 2.26. The minimum absolute atomic E-state index is 0.441. The van der Waals surface area contributed by atoms with E-state index >= 15 is 0 Å². The first kappa shape index (κ1) is 19.8. The molecule has 30 heavy (non-hydrogen) atoms. The first-order chi connectivity index (χ1) is 14.7. The molecule has 0 aromatic heterocycles. The van der Waals surface area contributed by atoms with Crippen molar-refractivity contribution in [3.05, 3.63) is 113 Å². The minimum atomic E-state index is -0.441. The Kier molecular flexibility index (Phi) is 6.16. The number of carbonyl (C=O) groups excluding carboxylic acids is 1. The van der Waals surface area contributed by atoms with Gasteiger partial charge in [0.15, 0.2) is 0 Å². The number of halogens is 1. The number of esters is 1. The molecule has 0 saturated carbocycles. The molecule has 0 aliphatic heterocycles. The van der Waals surface area contributed by atoms with Crippen LogP contribution in [0.5, 0.6) is 5.75 Å². The lowest BCUT2D eigenvalue weighted by Gasteiger charge is -2.06. The van der Waals surface area contributed by atoms with Gasteiger partial charge in [0, 0.05) is 27.7 Å². The molecule has 4 aromatic carbocycles. The lowest BCUT2D eigenvalue weighted by molar-refractivity contribution is -0.128. The highest BCUT2D eigenvalue weighted by Gasteiger charge is 2.06. The molecule has 0 radical (unpaired) electrons. The minimum Gasteiger partial charge on any atom is -0.423 e. The van der Waals surface area contributed by atoms with Crippen LogP contribution in [-0.4, -0.2) is 12.2 Å². The molecule has 0 atom stereocenters. The fourth-order valence-electron chi connectivity index (χ4n) is 3.02. The zero-order valence-electron chi connectivity index (χ0n) is 16.0. The second-order valence-corrected chi connectivity index (χ2v) is 7.52. The maximum atomic E-state index is 12.3. The van der Waals surface area contributed by atoms with Crippen LogP contribution in [0.15, 0.2) is 107 Å². The van der Waals surface area contributed by atoms with Gasteiger partial charge >= 0.3 is 5.97 Å². The number of ether oxygens (including phenoxy) is 1. The molecule has 0 spiro atoms. The number of hydrogen-bond donors (Lipinski definition) is 0. The Morgan fingerprint density at radius 1 is 0.833 bits per heavy atom. The molecule has 4 rings (SSSR count). The van der Waals surface area contributed by atoms with Gasteiger partial charge in [0.1, 0.15) is 5.75 Å². The standard InChI is InChI=1S/C26H18BrNO2/c27-22-15-12-19(13-16-22)14-17-26(29)30-25-11-4-2-7-21(25)18-28-24-10-5-8-20-6-1-3-9-23(20)24/h1-18H/b17-14+,28-18?. The van der Waals surface area contributed by atoms with E-state index in [-0.39, 0.29) is 0 Å². The third-order valence-electron chi connectivity index (χ3n) is 4.52. The monoisotopic (exact) mass is 455 g/mol. The highest BCUT2D eigenvalue weighted by molar-refractivity contribution is 9.10. The van der Waals surface area contributed by atoms with Crippen molar-refractivity contribution in [2.75, 3.05) is 0 Å². The van der Waals surface area contributed by atoms with Crippen molar-refractivity contribution in [1.82, 2.24) is 0 Å².